The number of carbonyl (C=O) groups excluding carboxylic acids is 1. The zero-order valence-corrected chi connectivity index (χ0v) is 16.8. The van der Waals surface area contributed by atoms with Gasteiger partial charge in [-0.15, -0.1) is 12.4 Å². The standard InChI is InChI=1S/C20H18ClFN4O.ClH/c1-12-4-6-14-18(25-17-7-5-13(22)10-16(17)21)15(11-23-19(14)24-12)20(27)26-8-2-3-9-26;/h4-7,10-11H,2-3,8-9H2,1H3,(H,23,24,25);1H. The number of aryl methyl sites for hydroxylation is 1. The van der Waals surface area contributed by atoms with Crippen molar-refractivity contribution in [1.29, 1.82) is 0 Å². The number of fused-ring (bicyclic) bond motifs is 1. The molecule has 4 rings (SSSR count). The summed E-state index contributed by atoms with van der Waals surface area (Å²) in [6.07, 6.45) is 3.55. The number of benzene rings is 1. The summed E-state index contributed by atoms with van der Waals surface area (Å²) in [5.41, 5.74) is 2.92. The number of likely N-dealkylation sites (tertiary alicyclic amines) is 1. The predicted octanol–water partition coefficient (Wildman–Crippen LogP) is 5.13. The van der Waals surface area contributed by atoms with E-state index in [1.54, 1.807) is 12.3 Å². The second-order valence-corrected chi connectivity index (χ2v) is 7.03. The van der Waals surface area contributed by atoms with Crippen LogP contribution in [-0.2, 0) is 0 Å². The second kappa shape index (κ2) is 8.29. The van der Waals surface area contributed by atoms with Crippen molar-refractivity contribution in [2.45, 2.75) is 19.8 Å². The van der Waals surface area contributed by atoms with Crippen LogP contribution in [0.2, 0.25) is 5.02 Å². The minimum absolute atomic E-state index is 0. The summed E-state index contributed by atoms with van der Waals surface area (Å²) in [4.78, 5) is 23.7. The van der Waals surface area contributed by atoms with Gasteiger partial charge >= 0.3 is 0 Å². The van der Waals surface area contributed by atoms with Crippen LogP contribution in [0.4, 0.5) is 15.8 Å². The number of nitrogens with one attached hydrogen (secondary N) is 1. The lowest BCUT2D eigenvalue weighted by molar-refractivity contribution is 0.0793. The molecule has 1 aromatic carbocycles. The van der Waals surface area contributed by atoms with E-state index in [4.69, 9.17) is 11.6 Å². The second-order valence-electron chi connectivity index (χ2n) is 6.62. The van der Waals surface area contributed by atoms with Gasteiger partial charge in [0.25, 0.3) is 5.91 Å². The van der Waals surface area contributed by atoms with Gasteiger partial charge in [-0.1, -0.05) is 11.6 Å². The molecule has 8 heteroatoms. The van der Waals surface area contributed by atoms with Gasteiger partial charge in [0.1, 0.15) is 5.82 Å². The number of aromatic nitrogens is 2. The first kappa shape index (κ1) is 20.3. The van der Waals surface area contributed by atoms with E-state index >= 15 is 0 Å². The summed E-state index contributed by atoms with van der Waals surface area (Å²) >= 11 is 6.19. The van der Waals surface area contributed by atoms with Gasteiger partial charge in [-0.3, -0.25) is 4.79 Å². The molecule has 28 heavy (non-hydrogen) atoms. The van der Waals surface area contributed by atoms with Crippen molar-refractivity contribution in [3.63, 3.8) is 0 Å². The zero-order chi connectivity index (χ0) is 19.0. The van der Waals surface area contributed by atoms with Gasteiger partial charge in [-0.2, -0.15) is 0 Å². The first-order valence-electron chi connectivity index (χ1n) is 8.80. The molecule has 5 nitrogen and oxygen atoms in total. The largest absolute Gasteiger partial charge is 0.353 e. The first-order valence-corrected chi connectivity index (χ1v) is 9.18. The molecule has 146 valence electrons. The Morgan fingerprint density at radius 2 is 1.96 bits per heavy atom. The maximum Gasteiger partial charge on any atom is 0.257 e. The van der Waals surface area contributed by atoms with E-state index < -0.39 is 5.82 Å². The van der Waals surface area contributed by atoms with E-state index in [0.29, 0.717) is 28.0 Å². The molecule has 1 N–H and O–H groups in total. The van der Waals surface area contributed by atoms with Crippen molar-refractivity contribution >= 4 is 52.3 Å². The summed E-state index contributed by atoms with van der Waals surface area (Å²) in [5.74, 6) is -0.501. The van der Waals surface area contributed by atoms with Crippen molar-refractivity contribution in [2.24, 2.45) is 0 Å². The Labute approximate surface area is 173 Å². The summed E-state index contributed by atoms with van der Waals surface area (Å²) in [6, 6.07) is 7.85. The van der Waals surface area contributed by atoms with Gasteiger partial charge in [0.15, 0.2) is 5.65 Å². The summed E-state index contributed by atoms with van der Waals surface area (Å²) < 4.78 is 13.4. The van der Waals surface area contributed by atoms with Crippen LogP contribution >= 0.6 is 24.0 Å². The molecule has 1 fully saturated rings. The number of hydrogen-bond donors (Lipinski definition) is 1. The van der Waals surface area contributed by atoms with Crippen molar-refractivity contribution in [2.75, 3.05) is 18.4 Å². The SMILES string of the molecule is Cc1ccc2c(Nc3ccc(F)cc3Cl)c(C(=O)N3CCCC3)cnc2n1.Cl. The van der Waals surface area contributed by atoms with E-state index in [1.165, 1.54) is 12.1 Å². The highest BCUT2D eigenvalue weighted by atomic mass is 35.5. The smallest absolute Gasteiger partial charge is 0.257 e. The van der Waals surface area contributed by atoms with E-state index in [9.17, 15) is 9.18 Å². The Kier molecular flexibility index (Phi) is 6.01. The highest BCUT2D eigenvalue weighted by Crippen LogP contribution is 2.33. The molecular weight excluding hydrogens is 402 g/mol. The van der Waals surface area contributed by atoms with Crippen LogP contribution in [0.5, 0.6) is 0 Å². The predicted molar refractivity (Wildman–Crippen MR) is 111 cm³/mol. The molecule has 0 atom stereocenters. The van der Waals surface area contributed by atoms with Crippen LogP contribution in [0.15, 0.2) is 36.5 Å². The fourth-order valence-electron chi connectivity index (χ4n) is 3.28. The molecule has 0 unspecified atom stereocenters. The third-order valence-electron chi connectivity index (χ3n) is 4.68. The maximum absolute atomic E-state index is 13.4. The average molecular weight is 421 g/mol. The Morgan fingerprint density at radius 3 is 2.68 bits per heavy atom. The monoisotopic (exact) mass is 420 g/mol. The minimum atomic E-state index is -0.421. The fraction of sp³-hybridized carbons (Fsp3) is 0.250. The molecule has 1 saturated heterocycles. The fourth-order valence-corrected chi connectivity index (χ4v) is 3.50. The molecule has 0 aliphatic carbocycles. The van der Waals surface area contributed by atoms with Crippen LogP contribution in [0, 0.1) is 12.7 Å². The normalized spacial score (nSPS) is 13.5. The summed E-state index contributed by atoms with van der Waals surface area (Å²) in [6.45, 7) is 3.36. The lowest BCUT2D eigenvalue weighted by atomic mass is 10.1. The van der Waals surface area contributed by atoms with Crippen LogP contribution < -0.4 is 5.32 Å². The average Bonchev–Trinajstić information content (AvgIpc) is 3.18. The summed E-state index contributed by atoms with van der Waals surface area (Å²) in [5, 5.41) is 4.16. The van der Waals surface area contributed by atoms with Gasteiger partial charge in [-0.05, 0) is 50.1 Å². The van der Waals surface area contributed by atoms with Crippen LogP contribution in [0.3, 0.4) is 0 Å². The highest BCUT2D eigenvalue weighted by molar-refractivity contribution is 6.33. The summed E-state index contributed by atoms with van der Waals surface area (Å²) in [7, 11) is 0. The van der Waals surface area contributed by atoms with Gasteiger partial charge in [0.05, 0.1) is 22.0 Å². The Bertz CT molecular complexity index is 1040. The Balaban J connectivity index is 0.00000225. The third kappa shape index (κ3) is 3.88. The Hall–Kier alpha value is -2.44. The van der Waals surface area contributed by atoms with Crippen LogP contribution in [-0.4, -0.2) is 33.9 Å². The number of halogens is 3. The van der Waals surface area contributed by atoms with Crippen molar-refractivity contribution in [3.05, 3.63) is 58.6 Å². The Morgan fingerprint density at radius 1 is 1.21 bits per heavy atom. The molecule has 0 bridgehead atoms. The molecule has 3 heterocycles. The highest BCUT2D eigenvalue weighted by Gasteiger charge is 2.24. The number of hydrogen-bond acceptors (Lipinski definition) is 4. The quantitative estimate of drug-likeness (QED) is 0.637. The van der Waals surface area contributed by atoms with Crippen molar-refractivity contribution in [1.82, 2.24) is 14.9 Å². The third-order valence-corrected chi connectivity index (χ3v) is 5.00. The first-order chi connectivity index (χ1) is 13.0. The van der Waals surface area contributed by atoms with Crippen molar-refractivity contribution < 1.29 is 9.18 Å². The molecular formula is C20H19Cl2FN4O. The molecule has 0 spiro atoms. The van der Waals surface area contributed by atoms with Crippen molar-refractivity contribution in [3.8, 4) is 0 Å². The molecule has 1 aliphatic rings. The molecule has 0 radical (unpaired) electrons. The number of nitrogens with zero attached hydrogens (tertiary/aromatic N) is 3. The number of pyridine rings is 2. The van der Waals surface area contributed by atoms with E-state index in [-0.39, 0.29) is 23.3 Å². The molecule has 0 saturated carbocycles. The van der Waals surface area contributed by atoms with E-state index in [0.717, 1.165) is 31.6 Å². The topological polar surface area (TPSA) is 58.1 Å². The number of carbonyl (C=O) groups is 1. The molecule has 2 aromatic heterocycles. The van der Waals surface area contributed by atoms with Gasteiger partial charge in [-0.25, -0.2) is 14.4 Å². The van der Waals surface area contributed by atoms with E-state index in [2.05, 4.69) is 15.3 Å². The van der Waals surface area contributed by atoms with Crippen LogP contribution in [0.1, 0.15) is 28.9 Å². The number of rotatable bonds is 3. The van der Waals surface area contributed by atoms with Gasteiger partial charge in [0, 0.05) is 30.4 Å². The molecule has 1 aliphatic heterocycles. The minimum Gasteiger partial charge on any atom is -0.353 e. The van der Waals surface area contributed by atoms with Crippen LogP contribution in [0.25, 0.3) is 11.0 Å². The lowest BCUT2D eigenvalue weighted by Gasteiger charge is -2.20. The van der Waals surface area contributed by atoms with Gasteiger partial charge in [0.2, 0.25) is 0 Å². The van der Waals surface area contributed by atoms with Gasteiger partial charge < -0.3 is 10.2 Å². The number of anilines is 2. The molecule has 1 amide bonds. The lowest BCUT2D eigenvalue weighted by Crippen LogP contribution is -2.28. The molecule has 3 aromatic rings. The zero-order valence-electron chi connectivity index (χ0n) is 15.2. The van der Waals surface area contributed by atoms with E-state index in [1.807, 2.05) is 24.0 Å². The maximum atomic E-state index is 13.4. The number of amides is 1.